The van der Waals surface area contributed by atoms with Crippen molar-refractivity contribution in [1.29, 1.82) is 0 Å². The quantitative estimate of drug-likeness (QED) is 0.115. The van der Waals surface area contributed by atoms with Gasteiger partial charge < -0.3 is 36.7 Å². The number of amides is 2. The van der Waals surface area contributed by atoms with Crippen molar-refractivity contribution >= 4 is 57.9 Å². The van der Waals surface area contributed by atoms with Crippen molar-refractivity contribution < 1.29 is 38.7 Å². The summed E-state index contributed by atoms with van der Waals surface area (Å²) < 4.78 is 5.58. The van der Waals surface area contributed by atoms with Gasteiger partial charge in [-0.2, -0.15) is 0 Å². The maximum atomic E-state index is 12.4. The highest BCUT2D eigenvalue weighted by Gasteiger charge is 2.25. The largest absolute Gasteiger partial charge is 0.480 e. The number of thiazole rings is 1. The van der Waals surface area contributed by atoms with E-state index in [2.05, 4.69) is 15.6 Å². The highest BCUT2D eigenvalue weighted by atomic mass is 32.2. The van der Waals surface area contributed by atoms with Gasteiger partial charge in [-0.25, -0.2) is 4.98 Å². The number of hydrogen-bond acceptors (Lipinski definition) is 12. The topological polar surface area (TPSA) is 254 Å². The van der Waals surface area contributed by atoms with E-state index >= 15 is 0 Å². The van der Waals surface area contributed by atoms with Crippen molar-refractivity contribution in [2.45, 2.75) is 29.1 Å². The molecule has 2 rings (SSSR count). The first kappa shape index (κ1) is 26.6. The van der Waals surface area contributed by atoms with E-state index in [-0.39, 0.29) is 35.2 Å². The Morgan fingerprint density at radius 2 is 2.00 bits per heavy atom. The van der Waals surface area contributed by atoms with Crippen LogP contribution in [-0.2, 0) is 19.2 Å². The van der Waals surface area contributed by atoms with Crippen LogP contribution in [0.25, 0.3) is 11.5 Å². The molecule has 34 heavy (non-hydrogen) atoms. The Balaban J connectivity index is 2.14. The maximum Gasteiger partial charge on any atom is 0.433 e. The second-order valence-corrected chi connectivity index (χ2v) is 8.93. The zero-order valence-electron chi connectivity index (χ0n) is 17.3. The number of anilines is 1. The highest BCUT2D eigenvalue weighted by molar-refractivity contribution is 8.01. The Kier molecular flexibility index (Phi) is 9.34. The number of carboxylic acids is 2. The standard InChI is InChI=1S/C17H20N6O9S2/c18-7(15(28)29)1-3-10(24)21-8(14(27)20-5-12(25)26)6-33-16-13(22-17(19)34-16)9-2-4-11(32-9)23(30)31/h2,4,7-8H,1,3,5-6,18H2,(H2,19,22)(H,20,27)(H,21,24)(H,25,26)(H,28,29)/t7-,8-/m0/s1. The number of nitrogens with zero attached hydrogens (tertiary/aromatic N) is 2. The lowest BCUT2D eigenvalue weighted by Gasteiger charge is -2.18. The maximum absolute atomic E-state index is 12.4. The van der Waals surface area contributed by atoms with Gasteiger partial charge in [-0.05, 0) is 12.5 Å². The molecule has 0 saturated heterocycles. The molecule has 184 valence electrons. The zero-order chi connectivity index (χ0) is 25.4. The molecule has 0 aliphatic rings. The van der Waals surface area contributed by atoms with E-state index < -0.39 is 53.2 Å². The monoisotopic (exact) mass is 516 g/mol. The number of thioether (sulfide) groups is 1. The molecule has 2 atom stereocenters. The number of furan rings is 1. The van der Waals surface area contributed by atoms with Crippen molar-refractivity contribution in [3.8, 4) is 11.5 Å². The molecule has 0 bridgehead atoms. The van der Waals surface area contributed by atoms with Gasteiger partial charge in [-0.15, -0.1) is 11.8 Å². The molecule has 8 N–H and O–H groups in total. The van der Waals surface area contributed by atoms with Crippen LogP contribution >= 0.6 is 23.1 Å². The molecule has 2 amide bonds. The summed E-state index contributed by atoms with van der Waals surface area (Å²) >= 11 is 2.04. The Bertz CT molecular complexity index is 1090. The highest BCUT2D eigenvalue weighted by Crippen LogP contribution is 2.39. The minimum Gasteiger partial charge on any atom is -0.480 e. The second kappa shape index (κ2) is 12.0. The van der Waals surface area contributed by atoms with Crippen molar-refractivity contribution in [1.82, 2.24) is 15.6 Å². The van der Waals surface area contributed by atoms with Crippen LogP contribution in [0.2, 0.25) is 0 Å². The number of carbonyl (C=O) groups excluding carboxylic acids is 2. The summed E-state index contributed by atoms with van der Waals surface area (Å²) in [7, 11) is 0. The van der Waals surface area contributed by atoms with Gasteiger partial charge in [0.2, 0.25) is 11.8 Å². The van der Waals surface area contributed by atoms with Crippen LogP contribution in [0, 0.1) is 10.1 Å². The molecule has 2 aromatic rings. The van der Waals surface area contributed by atoms with E-state index in [9.17, 15) is 29.3 Å². The molecular weight excluding hydrogens is 496 g/mol. The van der Waals surface area contributed by atoms with E-state index in [4.69, 9.17) is 26.1 Å². The first-order valence-electron chi connectivity index (χ1n) is 9.38. The molecular formula is C17H20N6O9S2. The fraction of sp³-hybridized carbons (Fsp3) is 0.353. The van der Waals surface area contributed by atoms with Crippen molar-refractivity contribution in [3.05, 3.63) is 22.2 Å². The summed E-state index contributed by atoms with van der Waals surface area (Å²) in [5.74, 6) is -4.57. The molecule has 0 aliphatic carbocycles. The van der Waals surface area contributed by atoms with Crippen LogP contribution in [0.1, 0.15) is 12.8 Å². The van der Waals surface area contributed by atoms with Crippen molar-refractivity contribution in [2.75, 3.05) is 18.0 Å². The summed E-state index contributed by atoms with van der Waals surface area (Å²) in [4.78, 5) is 60.5. The third-order valence-electron chi connectivity index (χ3n) is 4.06. The molecule has 0 aromatic carbocycles. The Labute approximate surface area is 199 Å². The van der Waals surface area contributed by atoms with Gasteiger partial charge in [-0.3, -0.25) is 29.3 Å². The van der Waals surface area contributed by atoms with Crippen molar-refractivity contribution in [2.24, 2.45) is 5.73 Å². The first-order valence-corrected chi connectivity index (χ1v) is 11.2. The van der Waals surface area contributed by atoms with E-state index in [0.717, 1.165) is 29.2 Å². The SMILES string of the molecule is Nc1nc(-c2ccc([N+](=O)[O-])o2)c(SC[C@H](NC(=O)CC[C@H](N)C(=O)O)C(=O)NCC(=O)O)s1. The molecule has 0 aliphatic heterocycles. The van der Waals surface area contributed by atoms with Crippen LogP contribution in [0.15, 0.2) is 20.8 Å². The third-order valence-corrected chi connectivity index (χ3v) is 6.30. The molecule has 0 spiro atoms. The van der Waals surface area contributed by atoms with Crippen LogP contribution in [0.3, 0.4) is 0 Å². The number of carboxylic acid groups (broad SMARTS) is 2. The van der Waals surface area contributed by atoms with Crippen LogP contribution in [0.4, 0.5) is 11.0 Å². The number of nitrogens with two attached hydrogens (primary N) is 2. The molecule has 0 saturated carbocycles. The molecule has 0 fully saturated rings. The number of aliphatic carboxylic acids is 2. The second-order valence-electron chi connectivity index (χ2n) is 6.61. The smallest absolute Gasteiger partial charge is 0.433 e. The minimum absolute atomic E-state index is 0.0701. The van der Waals surface area contributed by atoms with Gasteiger partial charge >= 0.3 is 17.8 Å². The molecule has 0 unspecified atom stereocenters. The van der Waals surface area contributed by atoms with E-state index in [1.165, 1.54) is 6.07 Å². The molecule has 2 heterocycles. The first-order chi connectivity index (χ1) is 16.0. The van der Waals surface area contributed by atoms with Gasteiger partial charge in [0.15, 0.2) is 10.9 Å². The summed E-state index contributed by atoms with van der Waals surface area (Å²) in [6.45, 7) is -0.686. The van der Waals surface area contributed by atoms with Gasteiger partial charge in [0.25, 0.3) is 0 Å². The predicted molar refractivity (Wildman–Crippen MR) is 119 cm³/mol. The minimum atomic E-state index is -1.30. The summed E-state index contributed by atoms with van der Waals surface area (Å²) in [6.07, 6.45) is -0.458. The van der Waals surface area contributed by atoms with E-state index in [1.807, 2.05) is 0 Å². The van der Waals surface area contributed by atoms with Crippen LogP contribution < -0.4 is 22.1 Å². The lowest BCUT2D eigenvalue weighted by Crippen LogP contribution is -2.49. The lowest BCUT2D eigenvalue weighted by molar-refractivity contribution is -0.401. The number of rotatable bonds is 13. The number of carbonyl (C=O) groups is 4. The number of nitrogen functional groups attached to an aromatic ring is 1. The summed E-state index contributed by atoms with van der Waals surface area (Å²) in [6, 6.07) is 0.00423. The fourth-order valence-corrected chi connectivity index (χ4v) is 4.53. The molecule has 2 aromatic heterocycles. The molecule has 17 heteroatoms. The van der Waals surface area contributed by atoms with Gasteiger partial charge in [0.1, 0.15) is 29.2 Å². The average molecular weight is 517 g/mol. The molecule has 0 radical (unpaired) electrons. The van der Waals surface area contributed by atoms with Gasteiger partial charge in [0, 0.05) is 12.2 Å². The average Bonchev–Trinajstić information content (AvgIpc) is 3.39. The van der Waals surface area contributed by atoms with E-state index in [0.29, 0.717) is 4.21 Å². The van der Waals surface area contributed by atoms with Crippen LogP contribution in [0.5, 0.6) is 0 Å². The van der Waals surface area contributed by atoms with E-state index in [1.54, 1.807) is 0 Å². The third kappa shape index (κ3) is 7.71. The summed E-state index contributed by atoms with van der Waals surface area (Å²) in [5.41, 5.74) is 11.3. The Morgan fingerprint density at radius 1 is 1.29 bits per heavy atom. The Morgan fingerprint density at radius 3 is 2.59 bits per heavy atom. The lowest BCUT2D eigenvalue weighted by atomic mass is 10.1. The number of nitrogens with one attached hydrogen (secondary N) is 2. The van der Waals surface area contributed by atoms with Crippen molar-refractivity contribution in [3.63, 3.8) is 0 Å². The summed E-state index contributed by atoms with van der Waals surface area (Å²) in [5, 5.41) is 33.2. The van der Waals surface area contributed by atoms with Gasteiger partial charge in [-0.1, -0.05) is 11.3 Å². The predicted octanol–water partition coefficient (Wildman–Crippen LogP) is -0.137. The van der Waals surface area contributed by atoms with Gasteiger partial charge in [0.05, 0.1) is 10.3 Å². The number of hydrogen-bond donors (Lipinski definition) is 6. The zero-order valence-corrected chi connectivity index (χ0v) is 18.9. The number of nitro groups is 1. The fourth-order valence-electron chi connectivity index (χ4n) is 2.43. The molecule has 15 nitrogen and oxygen atoms in total. The Hall–Kier alpha value is -3.70. The number of aromatic nitrogens is 1. The normalized spacial score (nSPS) is 12.5. The van der Waals surface area contributed by atoms with Crippen LogP contribution in [-0.4, -0.2) is 68.3 Å².